The van der Waals surface area contributed by atoms with Gasteiger partial charge < -0.3 is 20.1 Å². The summed E-state index contributed by atoms with van der Waals surface area (Å²) in [6.07, 6.45) is 4.42. The zero-order valence-corrected chi connectivity index (χ0v) is 15.6. The molecular weight excluding hydrogens is 332 g/mol. The van der Waals surface area contributed by atoms with Gasteiger partial charge in [-0.1, -0.05) is 25.8 Å². The van der Waals surface area contributed by atoms with Crippen LogP contribution in [0.1, 0.15) is 51.5 Å². The number of nitrogens with one attached hydrogen (secondary N) is 2. The molecule has 1 atom stereocenters. The van der Waals surface area contributed by atoms with Gasteiger partial charge in [-0.25, -0.2) is 0 Å². The second-order valence-corrected chi connectivity index (χ2v) is 7.13. The van der Waals surface area contributed by atoms with E-state index >= 15 is 0 Å². The second-order valence-electron chi connectivity index (χ2n) is 7.13. The molecule has 0 saturated heterocycles. The minimum Gasteiger partial charge on any atom is -0.486 e. The minimum atomic E-state index is -0.602. The Kier molecular flexibility index (Phi) is 5.69. The number of hydrogen-bond donors (Lipinski definition) is 2. The molecule has 2 aliphatic rings. The normalized spacial score (nSPS) is 18.8. The Morgan fingerprint density at radius 3 is 2.54 bits per heavy atom. The van der Waals surface area contributed by atoms with Crippen LogP contribution in [0, 0.1) is 0 Å². The van der Waals surface area contributed by atoms with E-state index in [1.54, 1.807) is 6.92 Å². The van der Waals surface area contributed by atoms with Crippen molar-refractivity contribution < 1.29 is 19.1 Å². The first-order valence-corrected chi connectivity index (χ1v) is 9.55. The van der Waals surface area contributed by atoms with E-state index in [2.05, 4.69) is 10.6 Å². The van der Waals surface area contributed by atoms with Crippen LogP contribution in [0.15, 0.2) is 18.2 Å². The number of carbonyl (C=O) groups is 2. The topological polar surface area (TPSA) is 76.7 Å². The fourth-order valence-corrected chi connectivity index (χ4v) is 3.77. The van der Waals surface area contributed by atoms with Gasteiger partial charge in [-0.2, -0.15) is 0 Å². The molecule has 26 heavy (non-hydrogen) atoms. The lowest BCUT2D eigenvalue weighted by Crippen LogP contribution is -2.51. The van der Waals surface area contributed by atoms with Gasteiger partial charge in [0, 0.05) is 6.54 Å². The van der Waals surface area contributed by atoms with E-state index in [9.17, 15) is 9.59 Å². The summed E-state index contributed by atoms with van der Waals surface area (Å²) in [5.41, 5.74) is 0.340. The fraction of sp³-hybridized carbons (Fsp3) is 0.600. The van der Waals surface area contributed by atoms with Crippen LogP contribution >= 0.6 is 0 Å². The van der Waals surface area contributed by atoms with Crippen molar-refractivity contribution in [2.75, 3.05) is 19.8 Å². The fourth-order valence-electron chi connectivity index (χ4n) is 3.77. The summed E-state index contributed by atoms with van der Waals surface area (Å²) in [5, 5.41) is 5.76. The largest absolute Gasteiger partial charge is 0.486 e. The molecule has 1 unspecified atom stereocenters. The summed E-state index contributed by atoms with van der Waals surface area (Å²) in [7, 11) is 0. The maximum absolute atomic E-state index is 13.2. The first kappa shape index (κ1) is 18.5. The predicted molar refractivity (Wildman–Crippen MR) is 98.5 cm³/mol. The maximum Gasteiger partial charge on any atom is 0.242 e. The van der Waals surface area contributed by atoms with E-state index in [4.69, 9.17) is 9.47 Å². The van der Waals surface area contributed by atoms with E-state index < -0.39 is 11.5 Å². The van der Waals surface area contributed by atoms with Gasteiger partial charge in [0.1, 0.15) is 19.3 Å². The molecule has 0 spiro atoms. The number of hydrogen-bond acceptors (Lipinski definition) is 4. The Hall–Kier alpha value is -2.24. The molecule has 1 heterocycles. The lowest BCUT2D eigenvalue weighted by molar-refractivity contribution is -0.131. The highest BCUT2D eigenvalue weighted by Gasteiger charge is 2.44. The highest BCUT2D eigenvalue weighted by Crippen LogP contribution is 2.44. The van der Waals surface area contributed by atoms with E-state index in [1.165, 1.54) is 0 Å². The van der Waals surface area contributed by atoms with Crippen LogP contribution in [0.25, 0.3) is 0 Å². The molecule has 0 radical (unpaired) electrons. The van der Waals surface area contributed by atoms with Crippen LogP contribution in [-0.4, -0.2) is 37.6 Å². The third-order valence-corrected chi connectivity index (χ3v) is 5.28. The van der Waals surface area contributed by atoms with Crippen LogP contribution in [0.2, 0.25) is 0 Å². The average Bonchev–Trinajstić information content (AvgIpc) is 3.16. The molecule has 1 aromatic rings. The molecule has 6 nitrogen and oxygen atoms in total. The molecule has 142 valence electrons. The van der Waals surface area contributed by atoms with Gasteiger partial charge >= 0.3 is 0 Å². The Morgan fingerprint density at radius 1 is 1.15 bits per heavy atom. The number of benzene rings is 1. The lowest BCUT2D eigenvalue weighted by Gasteiger charge is -2.31. The first-order valence-electron chi connectivity index (χ1n) is 9.55. The molecule has 1 aliphatic carbocycles. The van der Waals surface area contributed by atoms with Crippen molar-refractivity contribution in [2.24, 2.45) is 0 Å². The maximum atomic E-state index is 13.2. The molecule has 6 heteroatoms. The number of rotatable bonds is 6. The number of ether oxygens (including phenoxy) is 2. The Balaban J connectivity index is 1.79. The van der Waals surface area contributed by atoms with Crippen molar-refractivity contribution in [3.05, 3.63) is 23.8 Å². The standard InChI is InChI=1S/C20H28N2O4/c1-3-10-21-18(23)14(2)22-19(24)20(8-4-5-9-20)15-6-7-16-17(13-15)26-12-11-25-16/h6-7,13-14H,3-5,8-12H2,1-2H3,(H,21,23)(H,22,24). The van der Waals surface area contributed by atoms with Gasteiger partial charge in [-0.15, -0.1) is 0 Å². The first-order chi connectivity index (χ1) is 12.6. The molecule has 1 aromatic carbocycles. The van der Waals surface area contributed by atoms with Crippen LogP contribution in [0.3, 0.4) is 0 Å². The Morgan fingerprint density at radius 2 is 1.85 bits per heavy atom. The molecular formula is C20H28N2O4. The van der Waals surface area contributed by atoms with Gasteiger partial charge in [0.05, 0.1) is 5.41 Å². The van der Waals surface area contributed by atoms with Crippen molar-refractivity contribution in [3.8, 4) is 11.5 Å². The van der Waals surface area contributed by atoms with Crippen LogP contribution in [0.4, 0.5) is 0 Å². The molecule has 0 aromatic heterocycles. The minimum absolute atomic E-state index is 0.0779. The molecule has 1 aliphatic heterocycles. The number of carbonyl (C=O) groups excluding carboxylic acids is 2. The van der Waals surface area contributed by atoms with Gasteiger partial charge in [0.2, 0.25) is 11.8 Å². The van der Waals surface area contributed by atoms with E-state index in [0.717, 1.165) is 43.4 Å². The van der Waals surface area contributed by atoms with Gasteiger partial charge in [-0.05, 0) is 43.9 Å². The van der Waals surface area contributed by atoms with Crippen molar-refractivity contribution in [1.82, 2.24) is 10.6 Å². The van der Waals surface area contributed by atoms with Crippen molar-refractivity contribution in [2.45, 2.75) is 57.4 Å². The Bertz CT molecular complexity index is 668. The van der Waals surface area contributed by atoms with E-state index in [0.29, 0.717) is 25.5 Å². The Labute approximate surface area is 154 Å². The summed E-state index contributed by atoms with van der Waals surface area (Å²) in [5.74, 6) is 1.20. The zero-order chi connectivity index (χ0) is 18.6. The lowest BCUT2D eigenvalue weighted by atomic mass is 9.77. The molecule has 1 fully saturated rings. The summed E-state index contributed by atoms with van der Waals surface area (Å²) in [4.78, 5) is 25.3. The van der Waals surface area contributed by atoms with E-state index in [1.807, 2.05) is 25.1 Å². The summed E-state index contributed by atoms with van der Waals surface area (Å²) >= 11 is 0. The van der Waals surface area contributed by atoms with Crippen molar-refractivity contribution in [3.63, 3.8) is 0 Å². The quantitative estimate of drug-likeness (QED) is 0.816. The number of amides is 2. The highest BCUT2D eigenvalue weighted by molar-refractivity contribution is 5.93. The summed E-state index contributed by atoms with van der Waals surface area (Å²) < 4.78 is 11.3. The van der Waals surface area contributed by atoms with Crippen LogP contribution in [-0.2, 0) is 15.0 Å². The molecule has 1 saturated carbocycles. The molecule has 2 N–H and O–H groups in total. The predicted octanol–water partition coefficient (Wildman–Crippen LogP) is 2.30. The summed E-state index contributed by atoms with van der Waals surface area (Å²) in [6.45, 7) is 5.41. The summed E-state index contributed by atoms with van der Waals surface area (Å²) in [6, 6.07) is 5.22. The third kappa shape index (κ3) is 3.64. The van der Waals surface area contributed by atoms with Crippen molar-refractivity contribution >= 4 is 11.8 Å². The zero-order valence-electron chi connectivity index (χ0n) is 15.6. The molecule has 3 rings (SSSR count). The van der Waals surface area contributed by atoms with Crippen LogP contribution < -0.4 is 20.1 Å². The average molecular weight is 360 g/mol. The van der Waals surface area contributed by atoms with Gasteiger partial charge in [-0.3, -0.25) is 9.59 Å². The third-order valence-electron chi connectivity index (χ3n) is 5.28. The van der Waals surface area contributed by atoms with Crippen molar-refractivity contribution in [1.29, 1.82) is 0 Å². The molecule has 2 amide bonds. The smallest absolute Gasteiger partial charge is 0.242 e. The van der Waals surface area contributed by atoms with Gasteiger partial charge in [0.25, 0.3) is 0 Å². The number of fused-ring (bicyclic) bond motifs is 1. The van der Waals surface area contributed by atoms with Crippen LogP contribution in [0.5, 0.6) is 11.5 Å². The highest BCUT2D eigenvalue weighted by atomic mass is 16.6. The molecule has 0 bridgehead atoms. The van der Waals surface area contributed by atoms with Gasteiger partial charge in [0.15, 0.2) is 11.5 Å². The SMILES string of the molecule is CCCNC(=O)C(C)NC(=O)C1(c2ccc3c(c2)OCCO3)CCCC1. The monoisotopic (exact) mass is 360 g/mol. The second kappa shape index (κ2) is 7.98. The van der Waals surface area contributed by atoms with E-state index in [-0.39, 0.29) is 11.8 Å².